The van der Waals surface area contributed by atoms with Gasteiger partial charge in [-0.1, -0.05) is 30.4 Å². The van der Waals surface area contributed by atoms with Crippen LogP contribution in [0.1, 0.15) is 34.5 Å². The quantitative estimate of drug-likeness (QED) is 0.384. The molecular weight excluding hydrogens is 462 g/mol. The predicted molar refractivity (Wildman–Crippen MR) is 136 cm³/mol. The molecule has 1 aromatic heterocycles. The third-order valence-corrected chi connectivity index (χ3v) is 6.96. The number of benzene rings is 2. The summed E-state index contributed by atoms with van der Waals surface area (Å²) in [6.07, 6.45) is 7.78. The molecule has 0 saturated carbocycles. The van der Waals surface area contributed by atoms with Crippen LogP contribution in [0.3, 0.4) is 0 Å². The number of methoxy groups -OCH3 is 1. The van der Waals surface area contributed by atoms with Gasteiger partial charge in [0.15, 0.2) is 5.76 Å². The van der Waals surface area contributed by atoms with E-state index >= 15 is 0 Å². The lowest BCUT2D eigenvalue weighted by atomic mass is 9.84. The molecule has 0 spiro atoms. The third-order valence-electron chi connectivity index (χ3n) is 6.96. The van der Waals surface area contributed by atoms with E-state index in [-0.39, 0.29) is 23.6 Å². The van der Waals surface area contributed by atoms with E-state index in [1.54, 1.807) is 31.2 Å². The lowest BCUT2D eigenvalue weighted by molar-refractivity contribution is 0.0567. The molecule has 0 unspecified atom stereocenters. The summed E-state index contributed by atoms with van der Waals surface area (Å²) in [7, 11) is 3.39. The van der Waals surface area contributed by atoms with Crippen molar-refractivity contribution in [2.75, 3.05) is 33.8 Å². The van der Waals surface area contributed by atoms with Crippen LogP contribution in [0.2, 0.25) is 0 Å². The van der Waals surface area contributed by atoms with Crippen molar-refractivity contribution in [3.63, 3.8) is 0 Å². The Morgan fingerprint density at radius 2 is 1.92 bits per heavy atom. The molecule has 1 fully saturated rings. The van der Waals surface area contributed by atoms with Gasteiger partial charge in [0.2, 0.25) is 0 Å². The molecule has 2 aromatic carbocycles. The van der Waals surface area contributed by atoms with Gasteiger partial charge in [0, 0.05) is 25.7 Å². The smallest absolute Gasteiger partial charge is 0.289 e. The number of hydrogen-bond acceptors (Lipinski definition) is 4. The van der Waals surface area contributed by atoms with Crippen LogP contribution in [-0.4, -0.2) is 55.5 Å². The summed E-state index contributed by atoms with van der Waals surface area (Å²) in [5.74, 6) is -0.163. The second-order valence-corrected chi connectivity index (χ2v) is 9.21. The zero-order valence-corrected chi connectivity index (χ0v) is 20.7. The first-order chi connectivity index (χ1) is 17.4. The van der Waals surface area contributed by atoms with Crippen LogP contribution in [0.25, 0.3) is 6.08 Å². The van der Waals surface area contributed by atoms with Crippen molar-refractivity contribution < 1.29 is 22.7 Å². The first-order valence-electron chi connectivity index (χ1n) is 12.2. The summed E-state index contributed by atoms with van der Waals surface area (Å²) in [5.41, 5.74) is 1.52. The topological polar surface area (TPSA) is 45.9 Å². The summed E-state index contributed by atoms with van der Waals surface area (Å²) >= 11 is 0. The maximum Gasteiger partial charge on any atom is 0.289 e. The van der Waals surface area contributed by atoms with Gasteiger partial charge in [0.25, 0.3) is 5.91 Å². The van der Waals surface area contributed by atoms with Crippen LogP contribution in [-0.2, 0) is 6.42 Å². The molecule has 1 aliphatic heterocycles. The molecule has 1 aliphatic rings. The SMILES string of the molecule is COc1ccc(/C=C/CN2CCC([C@H](Cc3ccc(F)cc3F)N(C)C(=O)c3ccco3)CC2)cc1. The molecule has 0 bridgehead atoms. The lowest BCUT2D eigenvalue weighted by Gasteiger charge is -2.39. The summed E-state index contributed by atoms with van der Waals surface area (Å²) in [6.45, 7) is 2.59. The number of furan rings is 1. The number of likely N-dealkylation sites (tertiary alicyclic amines) is 1. The van der Waals surface area contributed by atoms with E-state index in [9.17, 15) is 13.6 Å². The fourth-order valence-electron chi connectivity index (χ4n) is 4.83. The average molecular weight is 495 g/mol. The molecule has 4 rings (SSSR count). The van der Waals surface area contributed by atoms with Gasteiger partial charge in [0.05, 0.1) is 13.4 Å². The fourth-order valence-corrected chi connectivity index (χ4v) is 4.83. The van der Waals surface area contributed by atoms with Crippen molar-refractivity contribution >= 4 is 12.0 Å². The van der Waals surface area contributed by atoms with Crippen molar-refractivity contribution in [3.8, 4) is 5.75 Å². The summed E-state index contributed by atoms with van der Waals surface area (Å²) < 4.78 is 38.5. The second kappa shape index (κ2) is 12.0. The Bertz CT molecular complexity index is 1150. The first-order valence-corrected chi connectivity index (χ1v) is 12.2. The molecule has 5 nitrogen and oxygen atoms in total. The number of amides is 1. The minimum atomic E-state index is -0.608. The summed E-state index contributed by atoms with van der Waals surface area (Å²) in [5, 5.41) is 0. The predicted octanol–water partition coefficient (Wildman–Crippen LogP) is 5.68. The first kappa shape index (κ1) is 25.6. The Labute approximate surface area is 211 Å². The maximum atomic E-state index is 14.5. The van der Waals surface area contributed by atoms with Crippen LogP contribution in [0.15, 0.2) is 71.4 Å². The Balaban J connectivity index is 1.40. The number of carbonyl (C=O) groups excluding carboxylic acids is 1. The molecule has 3 aromatic rings. The maximum absolute atomic E-state index is 14.5. The molecule has 0 radical (unpaired) electrons. The Morgan fingerprint density at radius 1 is 1.17 bits per heavy atom. The third kappa shape index (κ3) is 6.40. The van der Waals surface area contributed by atoms with E-state index < -0.39 is 11.6 Å². The van der Waals surface area contributed by atoms with Crippen LogP contribution >= 0.6 is 0 Å². The Morgan fingerprint density at radius 3 is 2.56 bits per heavy atom. The van der Waals surface area contributed by atoms with Crippen molar-refractivity contribution in [1.29, 1.82) is 0 Å². The highest BCUT2D eigenvalue weighted by molar-refractivity contribution is 5.91. The number of carbonyl (C=O) groups is 1. The van der Waals surface area contributed by atoms with Crippen LogP contribution < -0.4 is 4.74 Å². The van der Waals surface area contributed by atoms with E-state index in [1.165, 1.54) is 18.4 Å². The monoisotopic (exact) mass is 494 g/mol. The highest BCUT2D eigenvalue weighted by Crippen LogP contribution is 2.28. The molecule has 2 heterocycles. The molecule has 36 heavy (non-hydrogen) atoms. The van der Waals surface area contributed by atoms with Gasteiger partial charge < -0.3 is 14.1 Å². The normalized spacial score (nSPS) is 15.8. The minimum Gasteiger partial charge on any atom is -0.497 e. The number of halogens is 2. The molecule has 190 valence electrons. The Hall–Kier alpha value is -3.45. The number of ether oxygens (including phenoxy) is 1. The number of hydrogen-bond donors (Lipinski definition) is 0. The van der Waals surface area contributed by atoms with Gasteiger partial charge in [-0.2, -0.15) is 0 Å². The number of piperidine rings is 1. The lowest BCUT2D eigenvalue weighted by Crippen LogP contribution is -2.47. The number of nitrogens with zero attached hydrogens (tertiary/aromatic N) is 2. The minimum absolute atomic E-state index is 0.181. The van der Waals surface area contributed by atoms with Crippen molar-refractivity contribution in [1.82, 2.24) is 9.80 Å². The second-order valence-electron chi connectivity index (χ2n) is 9.21. The highest BCUT2D eigenvalue weighted by Gasteiger charge is 2.33. The molecule has 1 amide bonds. The highest BCUT2D eigenvalue weighted by atomic mass is 19.1. The van der Waals surface area contributed by atoms with Crippen LogP contribution in [0.5, 0.6) is 5.75 Å². The zero-order valence-electron chi connectivity index (χ0n) is 20.7. The standard InChI is InChI=1S/C29H32F2N2O3/c1-32(29(34)28-6-4-18-36-28)27(19-23-9-10-24(30)20-26(23)31)22-13-16-33(17-14-22)15-3-5-21-7-11-25(35-2)12-8-21/h3-12,18,20,22,27H,13-17,19H2,1-2H3/b5-3+/t27-/m0/s1. The molecule has 0 N–H and O–H groups in total. The van der Waals surface area contributed by atoms with Crippen molar-refractivity contribution in [3.05, 3.63) is 95.5 Å². The van der Waals surface area contributed by atoms with Gasteiger partial charge in [-0.25, -0.2) is 8.78 Å². The van der Waals surface area contributed by atoms with Crippen molar-refractivity contribution in [2.24, 2.45) is 5.92 Å². The largest absolute Gasteiger partial charge is 0.497 e. The molecule has 0 aliphatic carbocycles. The van der Waals surface area contributed by atoms with Crippen LogP contribution in [0.4, 0.5) is 8.78 Å². The van der Waals surface area contributed by atoms with Crippen molar-refractivity contribution in [2.45, 2.75) is 25.3 Å². The fraction of sp³-hybridized carbons (Fsp3) is 0.345. The van der Waals surface area contributed by atoms with E-state index in [2.05, 4.69) is 17.1 Å². The van der Waals surface area contributed by atoms with E-state index in [1.807, 2.05) is 24.3 Å². The summed E-state index contributed by atoms with van der Waals surface area (Å²) in [6, 6.07) is 14.6. The molecule has 1 atom stereocenters. The zero-order chi connectivity index (χ0) is 25.5. The molecule has 1 saturated heterocycles. The van der Waals surface area contributed by atoms with Gasteiger partial charge in [-0.05, 0) is 79.7 Å². The number of likely N-dealkylation sites (N-methyl/N-ethyl adjacent to an activating group) is 1. The van der Waals surface area contributed by atoms with E-state index in [0.717, 1.165) is 49.9 Å². The average Bonchev–Trinajstić information content (AvgIpc) is 3.44. The Kier molecular flexibility index (Phi) is 8.54. The molecular formula is C29H32F2N2O3. The van der Waals surface area contributed by atoms with Gasteiger partial charge in [-0.3, -0.25) is 9.69 Å². The summed E-state index contributed by atoms with van der Waals surface area (Å²) in [4.78, 5) is 17.1. The van der Waals surface area contributed by atoms with E-state index in [4.69, 9.17) is 9.15 Å². The van der Waals surface area contributed by atoms with Gasteiger partial charge in [0.1, 0.15) is 17.4 Å². The van der Waals surface area contributed by atoms with Crippen LogP contribution in [0, 0.1) is 17.6 Å². The van der Waals surface area contributed by atoms with Gasteiger partial charge >= 0.3 is 0 Å². The van der Waals surface area contributed by atoms with E-state index in [0.29, 0.717) is 12.0 Å². The molecule has 7 heteroatoms. The van der Waals surface area contributed by atoms with Gasteiger partial charge in [-0.15, -0.1) is 0 Å². The number of rotatable bonds is 9.